The molecule has 0 heterocycles. The van der Waals surface area contributed by atoms with Crippen molar-refractivity contribution in [2.24, 2.45) is 0 Å². The highest BCUT2D eigenvalue weighted by Gasteiger charge is 2.09. The van der Waals surface area contributed by atoms with E-state index in [1.807, 2.05) is 11.8 Å². The van der Waals surface area contributed by atoms with Crippen LogP contribution in [0.4, 0.5) is 0 Å². The number of hydrogen-bond acceptors (Lipinski definition) is 1. The smallest absolute Gasteiger partial charge is 0.0318 e. The van der Waals surface area contributed by atoms with Gasteiger partial charge in [-0.25, -0.2) is 0 Å². The maximum Gasteiger partial charge on any atom is 0.0318 e. The van der Waals surface area contributed by atoms with Gasteiger partial charge in [-0.05, 0) is 44.0 Å². The van der Waals surface area contributed by atoms with Gasteiger partial charge in [0.05, 0.1) is 0 Å². The predicted molar refractivity (Wildman–Crippen MR) is 76.6 cm³/mol. The van der Waals surface area contributed by atoms with Gasteiger partial charge in [-0.3, -0.25) is 0 Å². The van der Waals surface area contributed by atoms with Crippen molar-refractivity contribution in [3.8, 4) is 0 Å². The van der Waals surface area contributed by atoms with Crippen molar-refractivity contribution in [2.45, 2.75) is 30.9 Å². The van der Waals surface area contributed by atoms with Crippen molar-refractivity contribution in [1.29, 1.82) is 0 Å². The molecule has 0 amide bonds. The molecule has 88 valence electrons. The average Bonchev–Trinajstić information content (AvgIpc) is 2.32. The van der Waals surface area contributed by atoms with Crippen LogP contribution >= 0.6 is 11.8 Å². The molecule has 17 heavy (non-hydrogen) atoms. The predicted octanol–water partition coefficient (Wildman–Crippen LogP) is 5.16. The molecule has 1 heteroatoms. The number of thioether (sulfide) groups is 1. The zero-order valence-corrected chi connectivity index (χ0v) is 11.4. The molecule has 2 aromatic carbocycles. The summed E-state index contributed by atoms with van der Waals surface area (Å²) in [4.78, 5) is 1.34. The third-order valence-electron chi connectivity index (χ3n) is 2.96. The van der Waals surface area contributed by atoms with E-state index in [4.69, 9.17) is 0 Å². The van der Waals surface area contributed by atoms with E-state index in [-0.39, 0.29) is 0 Å². The molecule has 0 aliphatic rings. The lowest BCUT2D eigenvalue weighted by molar-refractivity contribution is 1.07. The van der Waals surface area contributed by atoms with E-state index in [0.717, 1.165) is 0 Å². The zero-order chi connectivity index (χ0) is 12.3. The Hall–Kier alpha value is -1.21. The maximum atomic E-state index is 2.27. The van der Waals surface area contributed by atoms with E-state index in [2.05, 4.69) is 69.3 Å². The van der Waals surface area contributed by atoms with Crippen LogP contribution in [0.5, 0.6) is 0 Å². The van der Waals surface area contributed by atoms with Crippen LogP contribution in [0, 0.1) is 13.8 Å². The van der Waals surface area contributed by atoms with Gasteiger partial charge in [0.25, 0.3) is 0 Å². The fourth-order valence-corrected chi connectivity index (χ4v) is 3.02. The van der Waals surface area contributed by atoms with Crippen molar-refractivity contribution in [1.82, 2.24) is 0 Å². The van der Waals surface area contributed by atoms with Gasteiger partial charge in [0.15, 0.2) is 0 Å². The molecule has 0 N–H and O–H groups in total. The molecule has 0 saturated heterocycles. The normalized spacial score (nSPS) is 12.4. The second kappa shape index (κ2) is 5.42. The van der Waals surface area contributed by atoms with Crippen LogP contribution < -0.4 is 0 Å². The van der Waals surface area contributed by atoms with Gasteiger partial charge >= 0.3 is 0 Å². The summed E-state index contributed by atoms with van der Waals surface area (Å²) in [5.74, 6) is 0. The first kappa shape index (κ1) is 12.3. The molecule has 0 spiro atoms. The summed E-state index contributed by atoms with van der Waals surface area (Å²) in [6.45, 7) is 6.58. The molecular weight excluding hydrogens is 224 g/mol. The molecular formula is C16H18S. The SMILES string of the molecule is Cc1ccc(SC(C)c2ccccc2C)cc1. The Kier molecular flexibility index (Phi) is 3.90. The van der Waals surface area contributed by atoms with Gasteiger partial charge in [0.2, 0.25) is 0 Å². The topological polar surface area (TPSA) is 0 Å². The van der Waals surface area contributed by atoms with Gasteiger partial charge in [-0.1, -0.05) is 42.0 Å². The Morgan fingerprint density at radius 3 is 2.18 bits per heavy atom. The maximum absolute atomic E-state index is 2.27. The third-order valence-corrected chi connectivity index (χ3v) is 4.11. The van der Waals surface area contributed by atoms with Crippen molar-refractivity contribution in [3.05, 3.63) is 65.2 Å². The largest absolute Gasteiger partial charge is 0.118 e. The van der Waals surface area contributed by atoms with Crippen LogP contribution in [0.1, 0.15) is 28.9 Å². The summed E-state index contributed by atoms with van der Waals surface area (Å²) < 4.78 is 0. The average molecular weight is 242 g/mol. The first-order valence-corrected chi connectivity index (χ1v) is 6.83. The molecule has 2 aromatic rings. The van der Waals surface area contributed by atoms with Gasteiger partial charge in [0.1, 0.15) is 0 Å². The minimum atomic E-state index is 0.499. The number of rotatable bonds is 3. The lowest BCUT2D eigenvalue weighted by Crippen LogP contribution is -1.91. The summed E-state index contributed by atoms with van der Waals surface area (Å²) in [5, 5.41) is 0.499. The summed E-state index contributed by atoms with van der Waals surface area (Å²) in [7, 11) is 0. The first-order valence-electron chi connectivity index (χ1n) is 5.95. The van der Waals surface area contributed by atoms with Crippen LogP contribution in [0.2, 0.25) is 0 Å². The molecule has 0 saturated carbocycles. The van der Waals surface area contributed by atoms with Crippen LogP contribution in [0.25, 0.3) is 0 Å². The quantitative estimate of drug-likeness (QED) is 0.670. The van der Waals surface area contributed by atoms with E-state index in [1.165, 1.54) is 21.6 Å². The molecule has 1 atom stereocenters. The van der Waals surface area contributed by atoms with Crippen molar-refractivity contribution in [2.75, 3.05) is 0 Å². The van der Waals surface area contributed by atoms with E-state index in [0.29, 0.717) is 5.25 Å². The fourth-order valence-electron chi connectivity index (χ4n) is 1.93. The van der Waals surface area contributed by atoms with Gasteiger partial charge in [-0.15, -0.1) is 11.8 Å². The van der Waals surface area contributed by atoms with Crippen LogP contribution in [-0.4, -0.2) is 0 Å². The third kappa shape index (κ3) is 3.13. The van der Waals surface area contributed by atoms with Crippen LogP contribution in [0.15, 0.2) is 53.4 Å². The Bertz CT molecular complexity index is 485. The summed E-state index contributed by atoms with van der Waals surface area (Å²) in [6, 6.07) is 17.4. The summed E-state index contributed by atoms with van der Waals surface area (Å²) in [6.07, 6.45) is 0. The summed E-state index contributed by atoms with van der Waals surface area (Å²) >= 11 is 1.92. The Morgan fingerprint density at radius 1 is 0.882 bits per heavy atom. The zero-order valence-electron chi connectivity index (χ0n) is 10.6. The van der Waals surface area contributed by atoms with Crippen molar-refractivity contribution in [3.63, 3.8) is 0 Å². The van der Waals surface area contributed by atoms with Gasteiger partial charge < -0.3 is 0 Å². The molecule has 0 radical (unpaired) electrons. The Balaban J connectivity index is 2.14. The molecule has 0 aliphatic heterocycles. The number of hydrogen-bond donors (Lipinski definition) is 0. The first-order chi connectivity index (χ1) is 8.16. The van der Waals surface area contributed by atoms with Crippen LogP contribution in [0.3, 0.4) is 0 Å². The van der Waals surface area contributed by atoms with E-state index in [9.17, 15) is 0 Å². The number of aryl methyl sites for hydroxylation is 2. The monoisotopic (exact) mass is 242 g/mol. The molecule has 0 fully saturated rings. The highest BCUT2D eigenvalue weighted by molar-refractivity contribution is 7.99. The summed E-state index contributed by atoms with van der Waals surface area (Å²) in [5.41, 5.74) is 4.12. The second-order valence-electron chi connectivity index (χ2n) is 4.43. The molecule has 0 nitrogen and oxygen atoms in total. The highest BCUT2D eigenvalue weighted by Crippen LogP contribution is 2.35. The number of benzene rings is 2. The van der Waals surface area contributed by atoms with E-state index < -0.39 is 0 Å². The molecule has 2 rings (SSSR count). The van der Waals surface area contributed by atoms with Crippen LogP contribution in [-0.2, 0) is 0 Å². The van der Waals surface area contributed by atoms with Crippen molar-refractivity contribution >= 4 is 11.8 Å². The molecule has 0 aliphatic carbocycles. The van der Waals surface area contributed by atoms with Gasteiger partial charge in [-0.2, -0.15) is 0 Å². The standard InChI is InChI=1S/C16H18S/c1-12-8-10-15(11-9-12)17-14(3)16-7-5-4-6-13(16)2/h4-11,14H,1-3H3. The van der Waals surface area contributed by atoms with Gasteiger partial charge in [0, 0.05) is 10.1 Å². The highest BCUT2D eigenvalue weighted by atomic mass is 32.2. The molecule has 0 aromatic heterocycles. The second-order valence-corrected chi connectivity index (χ2v) is 5.84. The lowest BCUT2D eigenvalue weighted by Gasteiger charge is -2.14. The van der Waals surface area contributed by atoms with E-state index >= 15 is 0 Å². The lowest BCUT2D eigenvalue weighted by atomic mass is 10.1. The molecule has 0 bridgehead atoms. The van der Waals surface area contributed by atoms with E-state index in [1.54, 1.807) is 0 Å². The van der Waals surface area contributed by atoms with Crippen molar-refractivity contribution < 1.29 is 0 Å². The fraction of sp³-hybridized carbons (Fsp3) is 0.250. The Morgan fingerprint density at radius 2 is 1.53 bits per heavy atom. The minimum absolute atomic E-state index is 0.499. The Labute approximate surface area is 108 Å². The minimum Gasteiger partial charge on any atom is -0.118 e. The molecule has 1 unspecified atom stereocenters.